The minimum Gasteiger partial charge on any atom is -0.465 e. The average molecular weight is 313 g/mol. The van der Waals surface area contributed by atoms with Crippen LogP contribution < -0.4 is 4.72 Å². The molecular formula is C14H19NO5S. The highest BCUT2D eigenvalue weighted by molar-refractivity contribution is 7.89. The van der Waals surface area contributed by atoms with Crippen LogP contribution >= 0.6 is 0 Å². The molecule has 0 aromatic heterocycles. The van der Waals surface area contributed by atoms with Crippen LogP contribution in [0.1, 0.15) is 36.0 Å². The molecule has 0 aliphatic heterocycles. The zero-order chi connectivity index (χ0) is 15.5. The van der Waals surface area contributed by atoms with Gasteiger partial charge in [-0.1, -0.05) is 18.9 Å². The van der Waals surface area contributed by atoms with Gasteiger partial charge >= 0.3 is 5.97 Å². The van der Waals surface area contributed by atoms with Crippen LogP contribution in [0.4, 0.5) is 0 Å². The van der Waals surface area contributed by atoms with Gasteiger partial charge in [0.25, 0.3) is 0 Å². The molecule has 1 aromatic rings. The van der Waals surface area contributed by atoms with Crippen molar-refractivity contribution in [3.05, 3.63) is 29.8 Å². The van der Waals surface area contributed by atoms with Crippen LogP contribution in [-0.2, 0) is 14.8 Å². The fourth-order valence-corrected chi connectivity index (χ4v) is 3.77. The molecule has 0 heterocycles. The van der Waals surface area contributed by atoms with E-state index in [9.17, 15) is 18.3 Å². The molecule has 2 rings (SSSR count). The summed E-state index contributed by atoms with van der Waals surface area (Å²) in [6.07, 6.45) is 2.31. The van der Waals surface area contributed by atoms with Gasteiger partial charge in [-0.2, -0.15) is 0 Å². The van der Waals surface area contributed by atoms with Crippen LogP contribution in [0.2, 0.25) is 0 Å². The molecule has 21 heavy (non-hydrogen) atoms. The van der Waals surface area contributed by atoms with E-state index in [1.807, 2.05) is 0 Å². The van der Waals surface area contributed by atoms with Gasteiger partial charge < -0.3 is 9.84 Å². The number of benzene rings is 1. The predicted octanol–water partition coefficient (Wildman–Crippen LogP) is 1.05. The summed E-state index contributed by atoms with van der Waals surface area (Å²) in [7, 11) is -2.54. The Balaban J connectivity index is 2.21. The Kier molecular flexibility index (Phi) is 4.97. The van der Waals surface area contributed by atoms with Gasteiger partial charge in [-0.25, -0.2) is 17.9 Å². The Morgan fingerprint density at radius 1 is 1.33 bits per heavy atom. The number of aliphatic hydroxyl groups is 1. The van der Waals surface area contributed by atoms with Crippen LogP contribution in [0.25, 0.3) is 0 Å². The van der Waals surface area contributed by atoms with E-state index in [-0.39, 0.29) is 10.5 Å². The lowest BCUT2D eigenvalue weighted by Crippen LogP contribution is -2.44. The topological polar surface area (TPSA) is 92.7 Å². The van der Waals surface area contributed by atoms with Crippen LogP contribution in [0.15, 0.2) is 29.2 Å². The monoisotopic (exact) mass is 313 g/mol. The Labute approximate surface area is 124 Å². The third-order valence-corrected chi connectivity index (χ3v) is 5.09. The van der Waals surface area contributed by atoms with Gasteiger partial charge in [0.2, 0.25) is 10.0 Å². The van der Waals surface area contributed by atoms with E-state index in [0.717, 1.165) is 12.8 Å². The van der Waals surface area contributed by atoms with Crippen molar-refractivity contribution in [2.45, 2.75) is 42.7 Å². The molecule has 116 valence electrons. The second-order valence-corrected chi connectivity index (χ2v) is 6.81. The SMILES string of the molecule is COC(=O)c1cccc(S(=O)(=O)N[C@@H]2CCCC[C@H]2O)c1. The lowest BCUT2D eigenvalue weighted by atomic mass is 9.93. The highest BCUT2D eigenvalue weighted by atomic mass is 32.2. The summed E-state index contributed by atoms with van der Waals surface area (Å²) in [5.74, 6) is -0.593. The van der Waals surface area contributed by atoms with Crippen molar-refractivity contribution in [2.24, 2.45) is 0 Å². The van der Waals surface area contributed by atoms with Gasteiger partial charge in [-0.15, -0.1) is 0 Å². The average Bonchev–Trinajstić information content (AvgIpc) is 2.49. The second-order valence-electron chi connectivity index (χ2n) is 5.10. The number of nitrogens with one attached hydrogen (secondary N) is 1. The summed E-state index contributed by atoms with van der Waals surface area (Å²) < 4.78 is 31.8. The molecule has 1 fully saturated rings. The largest absolute Gasteiger partial charge is 0.465 e. The van der Waals surface area contributed by atoms with E-state index < -0.39 is 28.1 Å². The predicted molar refractivity (Wildman–Crippen MR) is 76.4 cm³/mol. The van der Waals surface area contributed by atoms with Gasteiger partial charge in [0.05, 0.1) is 23.7 Å². The summed E-state index contributed by atoms with van der Waals surface area (Å²) in [6, 6.07) is 5.16. The number of carbonyl (C=O) groups excluding carboxylic acids is 1. The molecule has 1 aliphatic rings. The van der Waals surface area contributed by atoms with Crippen molar-refractivity contribution in [2.75, 3.05) is 7.11 Å². The van der Waals surface area contributed by atoms with Crippen molar-refractivity contribution in [3.63, 3.8) is 0 Å². The Bertz CT molecular complexity index is 614. The third kappa shape index (κ3) is 3.81. The maximum absolute atomic E-state index is 12.3. The molecule has 0 radical (unpaired) electrons. The first-order valence-corrected chi connectivity index (χ1v) is 8.31. The number of hydrogen-bond acceptors (Lipinski definition) is 5. The van der Waals surface area contributed by atoms with E-state index in [0.29, 0.717) is 12.8 Å². The minimum absolute atomic E-state index is 0.0110. The molecule has 1 aliphatic carbocycles. The smallest absolute Gasteiger partial charge is 0.337 e. The first-order chi connectivity index (χ1) is 9.94. The van der Waals surface area contributed by atoms with E-state index in [1.165, 1.54) is 31.4 Å². The number of esters is 1. The zero-order valence-electron chi connectivity index (χ0n) is 11.8. The van der Waals surface area contributed by atoms with Crippen LogP contribution in [0.3, 0.4) is 0 Å². The highest BCUT2D eigenvalue weighted by Gasteiger charge is 2.28. The number of methoxy groups -OCH3 is 1. The fraction of sp³-hybridized carbons (Fsp3) is 0.500. The number of ether oxygens (including phenoxy) is 1. The molecule has 1 aromatic carbocycles. The number of rotatable bonds is 4. The molecule has 0 saturated heterocycles. The number of aliphatic hydroxyl groups excluding tert-OH is 1. The molecule has 7 heteroatoms. The Hall–Kier alpha value is -1.44. The molecule has 0 spiro atoms. The second kappa shape index (κ2) is 6.55. The first kappa shape index (κ1) is 15.9. The fourth-order valence-electron chi connectivity index (χ4n) is 2.42. The van der Waals surface area contributed by atoms with Gasteiger partial charge in [-0.3, -0.25) is 0 Å². The summed E-state index contributed by atoms with van der Waals surface area (Å²) in [4.78, 5) is 11.4. The van der Waals surface area contributed by atoms with Gasteiger partial charge in [-0.05, 0) is 31.0 Å². The number of carbonyl (C=O) groups is 1. The molecule has 1 saturated carbocycles. The molecule has 0 unspecified atom stereocenters. The van der Waals surface area contributed by atoms with E-state index in [1.54, 1.807) is 0 Å². The maximum atomic E-state index is 12.3. The van der Waals surface area contributed by atoms with E-state index in [2.05, 4.69) is 9.46 Å². The number of hydrogen-bond donors (Lipinski definition) is 2. The van der Waals surface area contributed by atoms with Crippen molar-refractivity contribution in [1.29, 1.82) is 0 Å². The van der Waals surface area contributed by atoms with E-state index in [4.69, 9.17) is 0 Å². The molecule has 2 atom stereocenters. The standard InChI is InChI=1S/C14H19NO5S/c1-20-14(17)10-5-4-6-11(9-10)21(18,19)15-12-7-2-3-8-13(12)16/h4-6,9,12-13,15-16H,2-3,7-8H2,1H3/t12-,13-/m1/s1. The van der Waals surface area contributed by atoms with E-state index >= 15 is 0 Å². The van der Waals surface area contributed by atoms with Gasteiger partial charge in [0.1, 0.15) is 0 Å². The van der Waals surface area contributed by atoms with Crippen LogP contribution in [0, 0.1) is 0 Å². The summed E-state index contributed by atoms with van der Waals surface area (Å²) >= 11 is 0. The minimum atomic E-state index is -3.77. The van der Waals surface area contributed by atoms with Crippen LogP contribution in [0.5, 0.6) is 0 Å². The number of sulfonamides is 1. The molecule has 6 nitrogen and oxygen atoms in total. The van der Waals surface area contributed by atoms with Crippen molar-refractivity contribution in [1.82, 2.24) is 4.72 Å². The molecule has 0 amide bonds. The summed E-state index contributed by atoms with van der Waals surface area (Å²) in [5, 5.41) is 9.86. The van der Waals surface area contributed by atoms with Gasteiger partial charge in [0, 0.05) is 6.04 Å². The maximum Gasteiger partial charge on any atom is 0.337 e. The van der Waals surface area contributed by atoms with Crippen LogP contribution in [-0.4, -0.2) is 38.7 Å². The van der Waals surface area contributed by atoms with Crippen molar-refractivity contribution < 1.29 is 23.1 Å². The highest BCUT2D eigenvalue weighted by Crippen LogP contribution is 2.21. The Morgan fingerprint density at radius 2 is 2.05 bits per heavy atom. The van der Waals surface area contributed by atoms with Crippen molar-refractivity contribution >= 4 is 16.0 Å². The molecule has 0 bridgehead atoms. The lowest BCUT2D eigenvalue weighted by Gasteiger charge is -2.28. The zero-order valence-corrected chi connectivity index (χ0v) is 12.6. The lowest BCUT2D eigenvalue weighted by molar-refractivity contribution is 0.0600. The molecular weight excluding hydrogens is 294 g/mol. The third-order valence-electron chi connectivity index (χ3n) is 3.60. The normalized spacial score (nSPS) is 22.8. The van der Waals surface area contributed by atoms with Crippen molar-refractivity contribution in [3.8, 4) is 0 Å². The first-order valence-electron chi connectivity index (χ1n) is 6.83. The quantitative estimate of drug-likeness (QED) is 0.811. The Morgan fingerprint density at radius 3 is 2.71 bits per heavy atom. The summed E-state index contributed by atoms with van der Waals surface area (Å²) in [5.41, 5.74) is 0.171. The summed E-state index contributed by atoms with van der Waals surface area (Å²) in [6.45, 7) is 0. The van der Waals surface area contributed by atoms with Gasteiger partial charge in [0.15, 0.2) is 0 Å². The molecule has 2 N–H and O–H groups in total.